The number of piperidine rings is 1. The van der Waals surface area contributed by atoms with Gasteiger partial charge in [0, 0.05) is 20.2 Å². The van der Waals surface area contributed by atoms with E-state index in [2.05, 4.69) is 15.4 Å². The van der Waals surface area contributed by atoms with Gasteiger partial charge in [0.05, 0.1) is 19.0 Å². The predicted molar refractivity (Wildman–Crippen MR) is 70.3 cm³/mol. The van der Waals surface area contributed by atoms with Gasteiger partial charge in [0.2, 0.25) is 0 Å². The molecule has 1 saturated heterocycles. The first-order valence-corrected chi connectivity index (χ1v) is 6.31. The number of likely N-dealkylation sites (tertiary alicyclic amines) is 1. The number of hydrogen-bond donors (Lipinski definition) is 2. The van der Waals surface area contributed by atoms with Crippen molar-refractivity contribution in [2.75, 3.05) is 32.2 Å². The van der Waals surface area contributed by atoms with Crippen LogP contribution in [0, 0.1) is 5.92 Å². The highest BCUT2D eigenvalue weighted by molar-refractivity contribution is 5.92. The third-order valence-corrected chi connectivity index (χ3v) is 3.21. The van der Waals surface area contributed by atoms with Gasteiger partial charge in [-0.1, -0.05) is 0 Å². The van der Waals surface area contributed by atoms with Crippen LogP contribution in [0.5, 0.6) is 0 Å². The minimum Gasteiger partial charge on any atom is -0.384 e. The van der Waals surface area contributed by atoms with E-state index < -0.39 is 0 Å². The zero-order valence-corrected chi connectivity index (χ0v) is 11.0. The van der Waals surface area contributed by atoms with E-state index in [1.165, 1.54) is 12.4 Å². The SMILES string of the molecule is COCC1CCCN(C(=O)c2cncc(NN)n2)C1. The molecule has 1 aromatic heterocycles. The Morgan fingerprint density at radius 2 is 2.47 bits per heavy atom. The molecule has 2 heterocycles. The quantitative estimate of drug-likeness (QED) is 0.599. The fourth-order valence-electron chi connectivity index (χ4n) is 2.32. The van der Waals surface area contributed by atoms with Gasteiger partial charge in [0.15, 0.2) is 5.82 Å². The van der Waals surface area contributed by atoms with E-state index in [1.54, 1.807) is 12.0 Å². The molecule has 0 spiro atoms. The minimum atomic E-state index is -0.106. The molecule has 1 aromatic rings. The smallest absolute Gasteiger partial charge is 0.274 e. The number of hydrazine groups is 1. The second-order valence-electron chi connectivity index (χ2n) is 4.65. The van der Waals surface area contributed by atoms with Crippen LogP contribution >= 0.6 is 0 Å². The Morgan fingerprint density at radius 1 is 1.63 bits per heavy atom. The number of amides is 1. The number of nitrogens with two attached hydrogens (primary N) is 1. The van der Waals surface area contributed by atoms with Crippen LogP contribution in [-0.2, 0) is 4.74 Å². The summed E-state index contributed by atoms with van der Waals surface area (Å²) in [7, 11) is 1.68. The lowest BCUT2D eigenvalue weighted by Gasteiger charge is -2.32. The molecule has 1 amide bonds. The summed E-state index contributed by atoms with van der Waals surface area (Å²) in [6.07, 6.45) is 5.01. The number of carbonyl (C=O) groups excluding carboxylic acids is 1. The van der Waals surface area contributed by atoms with Crippen LogP contribution in [0.1, 0.15) is 23.3 Å². The molecule has 0 bridgehead atoms. The molecule has 0 aliphatic carbocycles. The molecule has 1 aliphatic rings. The summed E-state index contributed by atoms with van der Waals surface area (Å²) in [5.41, 5.74) is 2.70. The maximum atomic E-state index is 12.3. The Balaban J connectivity index is 2.05. The lowest BCUT2D eigenvalue weighted by Crippen LogP contribution is -2.41. The van der Waals surface area contributed by atoms with Crippen molar-refractivity contribution in [2.24, 2.45) is 11.8 Å². The second-order valence-corrected chi connectivity index (χ2v) is 4.65. The number of aromatic nitrogens is 2. The average Bonchev–Trinajstić information content (AvgIpc) is 2.47. The van der Waals surface area contributed by atoms with Crippen molar-refractivity contribution in [3.63, 3.8) is 0 Å². The highest BCUT2D eigenvalue weighted by Crippen LogP contribution is 2.18. The number of rotatable bonds is 4. The molecular formula is C12H19N5O2. The van der Waals surface area contributed by atoms with E-state index >= 15 is 0 Å². The van der Waals surface area contributed by atoms with Crippen LogP contribution < -0.4 is 11.3 Å². The Kier molecular flexibility index (Phi) is 4.64. The molecule has 0 saturated carbocycles. The van der Waals surface area contributed by atoms with Crippen LogP contribution in [0.4, 0.5) is 5.82 Å². The summed E-state index contributed by atoms with van der Waals surface area (Å²) in [5, 5.41) is 0. The van der Waals surface area contributed by atoms with Crippen molar-refractivity contribution in [3.8, 4) is 0 Å². The molecule has 1 aliphatic heterocycles. The molecule has 0 radical (unpaired) electrons. The number of carbonyl (C=O) groups is 1. The third kappa shape index (κ3) is 3.39. The fraction of sp³-hybridized carbons (Fsp3) is 0.583. The standard InChI is InChI=1S/C12H19N5O2/c1-19-8-9-3-2-4-17(7-9)12(18)10-5-14-6-11(15-10)16-13/h5-6,9H,2-4,7-8,13H2,1H3,(H,15,16). The zero-order chi connectivity index (χ0) is 13.7. The van der Waals surface area contributed by atoms with Gasteiger partial charge in [-0.2, -0.15) is 0 Å². The highest BCUT2D eigenvalue weighted by atomic mass is 16.5. The van der Waals surface area contributed by atoms with E-state index in [-0.39, 0.29) is 5.91 Å². The topological polar surface area (TPSA) is 93.4 Å². The first-order valence-electron chi connectivity index (χ1n) is 6.31. The Labute approximate surface area is 112 Å². The number of ether oxygens (including phenoxy) is 1. The summed E-state index contributed by atoms with van der Waals surface area (Å²) in [6.45, 7) is 2.13. The summed E-state index contributed by atoms with van der Waals surface area (Å²) >= 11 is 0. The minimum absolute atomic E-state index is 0.106. The molecule has 1 atom stereocenters. The molecule has 3 N–H and O–H groups in total. The Bertz CT molecular complexity index is 438. The molecular weight excluding hydrogens is 246 g/mol. The molecule has 19 heavy (non-hydrogen) atoms. The largest absolute Gasteiger partial charge is 0.384 e. The number of anilines is 1. The first-order chi connectivity index (χ1) is 9.24. The van der Waals surface area contributed by atoms with E-state index in [9.17, 15) is 4.79 Å². The lowest BCUT2D eigenvalue weighted by molar-refractivity contribution is 0.0565. The average molecular weight is 265 g/mol. The summed E-state index contributed by atoms with van der Waals surface area (Å²) < 4.78 is 5.16. The number of methoxy groups -OCH3 is 1. The number of nitrogen functional groups attached to an aromatic ring is 1. The van der Waals surface area contributed by atoms with Gasteiger partial charge >= 0.3 is 0 Å². The molecule has 2 rings (SSSR count). The summed E-state index contributed by atoms with van der Waals surface area (Å²) in [5.74, 6) is 5.94. The molecule has 1 fully saturated rings. The van der Waals surface area contributed by atoms with Gasteiger partial charge in [-0.05, 0) is 18.8 Å². The molecule has 104 valence electrons. The second kappa shape index (κ2) is 6.44. The van der Waals surface area contributed by atoms with Crippen molar-refractivity contribution in [1.82, 2.24) is 14.9 Å². The van der Waals surface area contributed by atoms with Gasteiger partial charge in [0.25, 0.3) is 5.91 Å². The Morgan fingerprint density at radius 3 is 3.21 bits per heavy atom. The van der Waals surface area contributed by atoms with E-state index in [1.807, 2.05) is 0 Å². The molecule has 0 aromatic carbocycles. The Hall–Kier alpha value is -1.73. The third-order valence-electron chi connectivity index (χ3n) is 3.21. The van der Waals surface area contributed by atoms with Gasteiger partial charge in [0.1, 0.15) is 5.69 Å². The van der Waals surface area contributed by atoms with Crippen LogP contribution in [0.3, 0.4) is 0 Å². The van der Waals surface area contributed by atoms with Crippen LogP contribution in [-0.4, -0.2) is 47.6 Å². The van der Waals surface area contributed by atoms with Crippen molar-refractivity contribution in [3.05, 3.63) is 18.1 Å². The number of nitrogens with one attached hydrogen (secondary N) is 1. The normalized spacial score (nSPS) is 19.3. The van der Waals surface area contributed by atoms with Crippen molar-refractivity contribution in [2.45, 2.75) is 12.8 Å². The van der Waals surface area contributed by atoms with Gasteiger partial charge in [-0.25, -0.2) is 10.8 Å². The summed E-state index contributed by atoms with van der Waals surface area (Å²) in [4.78, 5) is 22.2. The molecule has 1 unspecified atom stereocenters. The monoisotopic (exact) mass is 265 g/mol. The van der Waals surface area contributed by atoms with Crippen molar-refractivity contribution in [1.29, 1.82) is 0 Å². The van der Waals surface area contributed by atoms with Crippen molar-refractivity contribution < 1.29 is 9.53 Å². The van der Waals surface area contributed by atoms with Crippen molar-refractivity contribution >= 4 is 11.7 Å². The van der Waals surface area contributed by atoms with Crippen LogP contribution in [0.2, 0.25) is 0 Å². The first kappa shape index (κ1) is 13.7. The molecule has 7 nitrogen and oxygen atoms in total. The van der Waals surface area contributed by atoms with E-state index in [4.69, 9.17) is 10.6 Å². The summed E-state index contributed by atoms with van der Waals surface area (Å²) in [6, 6.07) is 0. The van der Waals surface area contributed by atoms with Gasteiger partial charge < -0.3 is 15.1 Å². The van der Waals surface area contributed by atoms with Crippen LogP contribution in [0.25, 0.3) is 0 Å². The predicted octanol–water partition coefficient (Wildman–Crippen LogP) is 0.261. The van der Waals surface area contributed by atoms with Crippen LogP contribution in [0.15, 0.2) is 12.4 Å². The molecule has 7 heteroatoms. The fourth-order valence-corrected chi connectivity index (χ4v) is 2.32. The zero-order valence-electron chi connectivity index (χ0n) is 11.0. The lowest BCUT2D eigenvalue weighted by atomic mass is 9.99. The van der Waals surface area contributed by atoms with Gasteiger partial charge in [-0.15, -0.1) is 0 Å². The van der Waals surface area contributed by atoms with E-state index in [0.717, 1.165) is 19.4 Å². The maximum Gasteiger partial charge on any atom is 0.274 e. The number of nitrogens with zero attached hydrogens (tertiary/aromatic N) is 3. The highest BCUT2D eigenvalue weighted by Gasteiger charge is 2.25. The number of hydrogen-bond acceptors (Lipinski definition) is 6. The van der Waals surface area contributed by atoms with Gasteiger partial charge in [-0.3, -0.25) is 9.78 Å². The van der Waals surface area contributed by atoms with E-state index in [0.29, 0.717) is 30.6 Å². The maximum absolute atomic E-state index is 12.3.